The third-order valence-corrected chi connectivity index (χ3v) is 18.6. The van der Waals surface area contributed by atoms with E-state index in [4.69, 9.17) is 0 Å². The number of nitrogens with zero attached hydrogens (tertiary/aromatic N) is 2. The highest BCUT2D eigenvalue weighted by atomic mass is 15.2. The van der Waals surface area contributed by atoms with Gasteiger partial charge in [0.05, 0.1) is 45.0 Å². The Balaban J connectivity index is 0.970. The van der Waals surface area contributed by atoms with E-state index >= 15 is 0 Å². The van der Waals surface area contributed by atoms with E-state index in [0.29, 0.717) is 0 Å². The third-order valence-electron chi connectivity index (χ3n) is 18.6. The zero-order chi connectivity index (χ0) is 52.3. The van der Waals surface area contributed by atoms with Crippen LogP contribution in [0.15, 0.2) is 291 Å². The number of rotatable bonds is 3. The second kappa shape index (κ2) is 16.1. The third kappa shape index (κ3) is 5.43. The summed E-state index contributed by atoms with van der Waals surface area (Å²) in [5, 5.41) is 9.69. The van der Waals surface area contributed by atoms with E-state index in [0.717, 1.165) is 11.4 Å². The van der Waals surface area contributed by atoms with Gasteiger partial charge in [0.15, 0.2) is 0 Å². The Morgan fingerprint density at radius 2 is 0.450 bits per heavy atom. The van der Waals surface area contributed by atoms with E-state index < -0.39 is 10.8 Å². The Bertz CT molecular complexity index is 4510. The van der Waals surface area contributed by atoms with Gasteiger partial charge in [-0.15, -0.1) is 0 Å². The molecule has 2 heterocycles. The molecule has 0 saturated carbocycles. The van der Waals surface area contributed by atoms with E-state index in [1.165, 1.54) is 144 Å². The highest BCUT2D eigenvalue weighted by Crippen LogP contribution is 2.66. The number of para-hydroxylation sites is 4. The molecule has 2 aliphatic heterocycles. The summed E-state index contributed by atoms with van der Waals surface area (Å²) in [7, 11) is 0. The lowest BCUT2D eigenvalue weighted by molar-refractivity contribution is 0.753. The Hall–Kier alpha value is -10.3. The highest BCUT2D eigenvalue weighted by molar-refractivity contribution is 6.27. The van der Waals surface area contributed by atoms with Crippen LogP contribution in [0.4, 0.5) is 34.1 Å². The molecule has 0 unspecified atom stereocenters. The summed E-state index contributed by atoms with van der Waals surface area (Å²) in [4.78, 5) is 5.18. The molecule has 2 spiro atoms. The predicted octanol–water partition coefficient (Wildman–Crippen LogP) is 20.3. The molecule has 14 aromatic carbocycles. The van der Waals surface area contributed by atoms with Crippen molar-refractivity contribution in [2.75, 3.05) is 9.80 Å². The lowest BCUT2D eigenvalue weighted by Gasteiger charge is -2.45. The lowest BCUT2D eigenvalue weighted by atomic mass is 9.64. The van der Waals surface area contributed by atoms with Gasteiger partial charge in [-0.1, -0.05) is 243 Å². The second-order valence-corrected chi connectivity index (χ2v) is 22.1. The van der Waals surface area contributed by atoms with Gasteiger partial charge in [-0.05, 0) is 159 Å². The Morgan fingerprint density at radius 3 is 0.812 bits per heavy atom. The smallest absolute Gasteiger partial charge is 0.0754 e. The topological polar surface area (TPSA) is 6.48 Å². The van der Waals surface area contributed by atoms with E-state index in [-0.39, 0.29) is 0 Å². The molecule has 370 valence electrons. The van der Waals surface area contributed by atoms with Gasteiger partial charge in [0.2, 0.25) is 0 Å². The summed E-state index contributed by atoms with van der Waals surface area (Å²) in [6.45, 7) is 0. The quantitative estimate of drug-likeness (QED) is 0.163. The Morgan fingerprint density at radius 1 is 0.188 bits per heavy atom. The van der Waals surface area contributed by atoms with Gasteiger partial charge in [0, 0.05) is 10.8 Å². The monoisotopic (exact) mass is 1010 g/mol. The molecule has 0 radical (unpaired) electrons. The zero-order valence-corrected chi connectivity index (χ0v) is 43.6. The molecular formula is C78H48N2. The minimum atomic E-state index is -0.527. The molecule has 0 N–H and O–H groups in total. The van der Waals surface area contributed by atoms with Crippen LogP contribution in [0.1, 0.15) is 44.5 Å². The van der Waals surface area contributed by atoms with Crippen molar-refractivity contribution in [3.63, 3.8) is 0 Å². The van der Waals surface area contributed by atoms with Crippen molar-refractivity contribution in [3.05, 3.63) is 336 Å². The average Bonchev–Trinajstić information content (AvgIpc) is 3.93. The minimum absolute atomic E-state index is 0.527. The summed E-state index contributed by atoms with van der Waals surface area (Å²) in [6.07, 6.45) is 0. The van der Waals surface area contributed by atoms with Crippen molar-refractivity contribution in [1.29, 1.82) is 0 Å². The Kier molecular flexibility index (Phi) is 8.83. The number of anilines is 6. The summed E-state index contributed by atoms with van der Waals surface area (Å²) >= 11 is 0. The SMILES string of the molecule is c1ccc2c(c1)-c1ccccc1C21c2ccccc2N(c2cccc3c(-c4c5ccccc5cc5ccccc45)c4cccc(N5c6ccccc6C6(c7ccccc7-c7ccccc76)c6ccccc65)c4cc23)c2ccccc21. The minimum Gasteiger partial charge on any atom is -0.309 e. The molecule has 0 aromatic heterocycles. The summed E-state index contributed by atoms with van der Waals surface area (Å²) in [5.74, 6) is 0. The van der Waals surface area contributed by atoms with Gasteiger partial charge in [-0.2, -0.15) is 0 Å². The normalized spacial score (nSPS) is 14.4. The largest absolute Gasteiger partial charge is 0.309 e. The second-order valence-electron chi connectivity index (χ2n) is 22.1. The predicted molar refractivity (Wildman–Crippen MR) is 333 cm³/mol. The number of hydrogen-bond donors (Lipinski definition) is 0. The van der Waals surface area contributed by atoms with Crippen molar-refractivity contribution in [2.24, 2.45) is 0 Å². The van der Waals surface area contributed by atoms with Crippen molar-refractivity contribution in [1.82, 2.24) is 0 Å². The fourth-order valence-electron chi connectivity index (χ4n) is 15.7. The molecule has 14 aromatic rings. The molecule has 2 aliphatic carbocycles. The van der Waals surface area contributed by atoms with E-state index in [1.807, 2.05) is 0 Å². The average molecular weight is 1010 g/mol. The molecule has 2 heteroatoms. The van der Waals surface area contributed by atoms with Crippen LogP contribution >= 0.6 is 0 Å². The molecule has 0 bridgehead atoms. The molecule has 0 saturated heterocycles. The van der Waals surface area contributed by atoms with Crippen LogP contribution in [0.3, 0.4) is 0 Å². The standard InChI is InChI=1S/C78H48N2/c1-3-25-51-49(23-1)47-50-24-2-4-26-52(50)75(51)76-57-31-21-45-69(79-71-41-17-13-37-65(71)77(66-38-14-18-42-72(66)79)61-33-9-5-27-53(61)54-28-6-10-34-62(54)77)59(57)48-60-58(76)32-22-46-70(60)80-73-43-19-15-39-67(73)78(68-40-16-20-44-74(68)80)63-35-11-7-29-55(63)56-30-8-12-36-64(56)78/h1-48H. The zero-order valence-electron chi connectivity index (χ0n) is 43.6. The first-order chi connectivity index (χ1) is 39.7. The van der Waals surface area contributed by atoms with Gasteiger partial charge < -0.3 is 9.80 Å². The molecule has 18 rings (SSSR count). The molecule has 80 heavy (non-hydrogen) atoms. The van der Waals surface area contributed by atoms with Crippen LogP contribution in [-0.2, 0) is 10.8 Å². The van der Waals surface area contributed by atoms with Crippen molar-refractivity contribution in [3.8, 4) is 33.4 Å². The van der Waals surface area contributed by atoms with Gasteiger partial charge in [-0.3, -0.25) is 0 Å². The van der Waals surface area contributed by atoms with Crippen LogP contribution in [0.2, 0.25) is 0 Å². The number of hydrogen-bond acceptors (Lipinski definition) is 2. The number of fused-ring (bicyclic) bond motifs is 22. The first kappa shape index (κ1) is 43.8. The first-order valence-electron chi connectivity index (χ1n) is 28.0. The van der Waals surface area contributed by atoms with E-state index in [9.17, 15) is 0 Å². The van der Waals surface area contributed by atoms with Gasteiger partial charge >= 0.3 is 0 Å². The molecule has 0 amide bonds. The van der Waals surface area contributed by atoms with Crippen LogP contribution in [0.25, 0.3) is 76.5 Å². The van der Waals surface area contributed by atoms with Crippen molar-refractivity contribution in [2.45, 2.75) is 10.8 Å². The summed E-state index contributed by atoms with van der Waals surface area (Å²) < 4.78 is 0. The summed E-state index contributed by atoms with van der Waals surface area (Å²) in [6, 6.07) is 110. The van der Waals surface area contributed by atoms with Gasteiger partial charge in [0.25, 0.3) is 0 Å². The maximum absolute atomic E-state index is 2.59. The Labute approximate surface area is 464 Å². The van der Waals surface area contributed by atoms with Gasteiger partial charge in [-0.25, -0.2) is 0 Å². The first-order valence-corrected chi connectivity index (χ1v) is 28.0. The molecule has 0 atom stereocenters. The maximum Gasteiger partial charge on any atom is 0.0754 e. The summed E-state index contributed by atoms with van der Waals surface area (Å²) in [5.41, 5.74) is 24.0. The maximum atomic E-state index is 2.59. The van der Waals surface area contributed by atoms with Crippen LogP contribution in [-0.4, -0.2) is 0 Å². The molecule has 4 aliphatic rings. The van der Waals surface area contributed by atoms with E-state index in [1.54, 1.807) is 0 Å². The fourth-order valence-corrected chi connectivity index (χ4v) is 15.7. The van der Waals surface area contributed by atoms with Crippen LogP contribution in [0, 0.1) is 0 Å². The molecule has 0 fully saturated rings. The fraction of sp³-hybridized carbons (Fsp3) is 0.0256. The highest BCUT2D eigenvalue weighted by Gasteiger charge is 2.53. The van der Waals surface area contributed by atoms with Crippen molar-refractivity contribution >= 4 is 77.2 Å². The van der Waals surface area contributed by atoms with E-state index in [2.05, 4.69) is 301 Å². The molecule has 2 nitrogen and oxygen atoms in total. The van der Waals surface area contributed by atoms with Gasteiger partial charge in [0.1, 0.15) is 0 Å². The number of benzene rings is 14. The van der Waals surface area contributed by atoms with Crippen LogP contribution < -0.4 is 9.80 Å². The molecular weight excluding hydrogens is 965 g/mol. The lowest BCUT2D eigenvalue weighted by Crippen LogP contribution is -2.36. The van der Waals surface area contributed by atoms with Crippen molar-refractivity contribution < 1.29 is 0 Å². The van der Waals surface area contributed by atoms with Crippen LogP contribution in [0.5, 0.6) is 0 Å².